The summed E-state index contributed by atoms with van der Waals surface area (Å²) in [5, 5.41) is 18.6. The van der Waals surface area contributed by atoms with Crippen molar-refractivity contribution in [3.63, 3.8) is 0 Å². The first-order valence-electron chi connectivity index (χ1n) is 7.40. The fourth-order valence-corrected chi connectivity index (χ4v) is 2.07. The molecule has 122 valence electrons. The molecule has 0 saturated carbocycles. The van der Waals surface area contributed by atoms with Crippen molar-refractivity contribution in [3.8, 4) is 0 Å². The summed E-state index contributed by atoms with van der Waals surface area (Å²) in [4.78, 5) is 22.8. The van der Waals surface area contributed by atoms with E-state index in [0.717, 1.165) is 5.56 Å². The zero-order valence-corrected chi connectivity index (χ0v) is 13.5. The van der Waals surface area contributed by atoms with Crippen molar-refractivity contribution in [2.75, 3.05) is 6.54 Å². The minimum absolute atomic E-state index is 0.0492. The van der Waals surface area contributed by atoms with E-state index in [-0.39, 0.29) is 23.2 Å². The van der Waals surface area contributed by atoms with Crippen LogP contribution >= 0.6 is 0 Å². The second kappa shape index (κ2) is 6.75. The highest BCUT2D eigenvalue weighted by molar-refractivity contribution is 5.91. The van der Waals surface area contributed by atoms with E-state index >= 15 is 0 Å². The number of benzene rings is 1. The van der Waals surface area contributed by atoms with Gasteiger partial charge in [0.25, 0.3) is 11.5 Å². The third-order valence-electron chi connectivity index (χ3n) is 3.53. The molecule has 2 aromatic rings. The fraction of sp³-hybridized carbons (Fsp3) is 0.353. The van der Waals surface area contributed by atoms with Gasteiger partial charge in [0.05, 0.1) is 6.10 Å². The first-order chi connectivity index (χ1) is 10.8. The van der Waals surface area contributed by atoms with E-state index in [4.69, 9.17) is 0 Å². The van der Waals surface area contributed by atoms with Crippen molar-refractivity contribution in [3.05, 3.63) is 63.6 Å². The molecular weight excluding hydrogens is 294 g/mol. The Morgan fingerprint density at radius 1 is 1.22 bits per heavy atom. The van der Waals surface area contributed by atoms with Crippen LogP contribution in [-0.4, -0.2) is 27.8 Å². The highest BCUT2D eigenvalue weighted by atomic mass is 16.3. The number of carbonyl (C=O) groups is 1. The molecule has 0 bridgehead atoms. The maximum atomic E-state index is 11.9. The maximum Gasteiger partial charge on any atom is 0.271 e. The van der Waals surface area contributed by atoms with Gasteiger partial charge in [0.2, 0.25) is 0 Å². The Kier molecular flexibility index (Phi) is 4.95. The lowest BCUT2D eigenvalue weighted by atomic mass is 9.86. The summed E-state index contributed by atoms with van der Waals surface area (Å²) >= 11 is 0. The van der Waals surface area contributed by atoms with Gasteiger partial charge in [-0.05, 0) is 22.6 Å². The number of H-pyrrole nitrogens is 1. The molecule has 0 saturated heterocycles. The van der Waals surface area contributed by atoms with Crippen LogP contribution in [0.1, 0.15) is 48.5 Å². The molecule has 0 aliphatic rings. The minimum Gasteiger partial charge on any atom is -0.387 e. The Labute approximate surface area is 134 Å². The van der Waals surface area contributed by atoms with Crippen molar-refractivity contribution in [2.24, 2.45) is 0 Å². The number of amides is 1. The van der Waals surface area contributed by atoms with Crippen LogP contribution in [0.15, 0.2) is 41.2 Å². The topological polar surface area (TPSA) is 95.1 Å². The molecule has 1 amide bonds. The summed E-state index contributed by atoms with van der Waals surface area (Å²) in [5.74, 6) is -0.452. The Hall–Kier alpha value is -2.47. The number of aromatic amines is 1. The third kappa shape index (κ3) is 4.50. The van der Waals surface area contributed by atoms with Crippen LogP contribution in [0, 0.1) is 0 Å². The minimum atomic E-state index is -0.810. The van der Waals surface area contributed by atoms with Gasteiger partial charge in [-0.2, -0.15) is 5.10 Å². The van der Waals surface area contributed by atoms with E-state index < -0.39 is 12.0 Å². The highest BCUT2D eigenvalue weighted by Gasteiger charge is 2.15. The highest BCUT2D eigenvalue weighted by Crippen LogP contribution is 2.23. The number of aliphatic hydroxyl groups is 1. The maximum absolute atomic E-state index is 11.9. The molecule has 0 radical (unpaired) electrons. The molecule has 0 fully saturated rings. The molecule has 0 aliphatic heterocycles. The Morgan fingerprint density at radius 3 is 2.39 bits per heavy atom. The molecule has 1 aromatic heterocycles. The van der Waals surface area contributed by atoms with E-state index in [0.29, 0.717) is 0 Å². The number of nitrogens with one attached hydrogen (secondary N) is 2. The average molecular weight is 315 g/mol. The van der Waals surface area contributed by atoms with Crippen molar-refractivity contribution in [1.29, 1.82) is 0 Å². The van der Waals surface area contributed by atoms with E-state index in [1.54, 1.807) is 0 Å². The van der Waals surface area contributed by atoms with Gasteiger partial charge in [-0.3, -0.25) is 9.59 Å². The molecule has 1 heterocycles. The predicted molar refractivity (Wildman–Crippen MR) is 87.3 cm³/mol. The molecule has 0 spiro atoms. The molecular formula is C17H21N3O3. The lowest BCUT2D eigenvalue weighted by Crippen LogP contribution is -2.29. The van der Waals surface area contributed by atoms with Gasteiger partial charge in [-0.15, -0.1) is 0 Å². The zero-order chi connectivity index (χ0) is 17.0. The van der Waals surface area contributed by atoms with Crippen molar-refractivity contribution < 1.29 is 9.90 Å². The van der Waals surface area contributed by atoms with Crippen LogP contribution in [0.25, 0.3) is 0 Å². The van der Waals surface area contributed by atoms with E-state index in [9.17, 15) is 14.7 Å². The first kappa shape index (κ1) is 16.9. The second-order valence-corrected chi connectivity index (χ2v) is 6.40. The van der Waals surface area contributed by atoms with Gasteiger partial charge in [0.15, 0.2) is 0 Å². The monoisotopic (exact) mass is 315 g/mol. The van der Waals surface area contributed by atoms with E-state index in [2.05, 4.69) is 36.3 Å². The van der Waals surface area contributed by atoms with Gasteiger partial charge >= 0.3 is 0 Å². The lowest BCUT2D eigenvalue weighted by Gasteiger charge is -2.20. The molecule has 2 rings (SSSR count). The summed E-state index contributed by atoms with van der Waals surface area (Å²) in [7, 11) is 0. The summed E-state index contributed by atoms with van der Waals surface area (Å²) in [6.45, 7) is 6.43. The summed E-state index contributed by atoms with van der Waals surface area (Å²) in [6.07, 6.45) is -0.810. The van der Waals surface area contributed by atoms with Gasteiger partial charge in [-0.1, -0.05) is 45.0 Å². The number of nitrogens with zero attached hydrogens (tertiary/aromatic N) is 1. The number of aliphatic hydroxyl groups excluding tert-OH is 1. The number of aromatic nitrogens is 2. The molecule has 6 nitrogen and oxygen atoms in total. The summed E-state index contributed by atoms with van der Waals surface area (Å²) < 4.78 is 0. The zero-order valence-electron chi connectivity index (χ0n) is 13.5. The van der Waals surface area contributed by atoms with Gasteiger partial charge in [0.1, 0.15) is 5.69 Å². The smallest absolute Gasteiger partial charge is 0.271 e. The Balaban J connectivity index is 1.96. The standard InChI is InChI=1S/C17H21N3O3/c1-17(2,3)12-6-4-11(5-7-12)14(21)10-18-16(23)13-8-9-15(22)20-19-13/h4-9,14,21H,10H2,1-3H3,(H,18,23)(H,20,22). The number of hydrogen-bond acceptors (Lipinski definition) is 4. The predicted octanol–water partition coefficient (Wildman–Crippen LogP) is 1.53. The van der Waals surface area contributed by atoms with Crippen LogP contribution in [-0.2, 0) is 5.41 Å². The van der Waals surface area contributed by atoms with Crippen LogP contribution in [0.2, 0.25) is 0 Å². The first-order valence-corrected chi connectivity index (χ1v) is 7.40. The second-order valence-electron chi connectivity index (χ2n) is 6.40. The normalized spacial score (nSPS) is 12.7. The molecule has 3 N–H and O–H groups in total. The molecule has 0 aliphatic carbocycles. The Bertz CT molecular complexity index is 709. The molecule has 1 aromatic carbocycles. The number of hydrogen-bond donors (Lipinski definition) is 3. The van der Waals surface area contributed by atoms with Gasteiger partial charge in [-0.25, -0.2) is 5.10 Å². The molecule has 6 heteroatoms. The van der Waals surface area contributed by atoms with Crippen LogP contribution in [0.4, 0.5) is 0 Å². The van der Waals surface area contributed by atoms with E-state index in [1.807, 2.05) is 24.3 Å². The Morgan fingerprint density at radius 2 is 1.87 bits per heavy atom. The quantitative estimate of drug-likeness (QED) is 0.797. The van der Waals surface area contributed by atoms with E-state index in [1.165, 1.54) is 17.7 Å². The lowest BCUT2D eigenvalue weighted by molar-refractivity contribution is 0.0910. The molecule has 23 heavy (non-hydrogen) atoms. The SMILES string of the molecule is CC(C)(C)c1ccc(C(O)CNC(=O)c2ccc(=O)[nH]n2)cc1. The molecule has 1 unspecified atom stereocenters. The summed E-state index contributed by atoms with van der Waals surface area (Å²) in [5.41, 5.74) is 1.68. The number of rotatable bonds is 4. The summed E-state index contributed by atoms with van der Waals surface area (Å²) in [6, 6.07) is 10.2. The van der Waals surface area contributed by atoms with Gasteiger partial charge < -0.3 is 10.4 Å². The molecule has 1 atom stereocenters. The van der Waals surface area contributed by atoms with Crippen molar-refractivity contribution in [2.45, 2.75) is 32.3 Å². The number of carbonyl (C=O) groups excluding carboxylic acids is 1. The van der Waals surface area contributed by atoms with Crippen molar-refractivity contribution >= 4 is 5.91 Å². The van der Waals surface area contributed by atoms with Crippen LogP contribution in [0.5, 0.6) is 0 Å². The van der Waals surface area contributed by atoms with Crippen molar-refractivity contribution in [1.82, 2.24) is 15.5 Å². The fourth-order valence-electron chi connectivity index (χ4n) is 2.07. The van der Waals surface area contributed by atoms with Crippen LogP contribution < -0.4 is 10.9 Å². The van der Waals surface area contributed by atoms with Gasteiger partial charge in [0, 0.05) is 12.6 Å². The largest absolute Gasteiger partial charge is 0.387 e. The average Bonchev–Trinajstić information content (AvgIpc) is 2.52. The van der Waals surface area contributed by atoms with Crippen LogP contribution in [0.3, 0.4) is 0 Å². The third-order valence-corrected chi connectivity index (χ3v) is 3.53.